The van der Waals surface area contributed by atoms with Gasteiger partial charge >= 0.3 is 6.03 Å². The molecule has 3 amide bonds. The predicted molar refractivity (Wildman–Crippen MR) is 112 cm³/mol. The van der Waals surface area contributed by atoms with Gasteiger partial charge in [-0.15, -0.1) is 0 Å². The van der Waals surface area contributed by atoms with E-state index in [0.717, 1.165) is 12.2 Å². The fourth-order valence-electron chi connectivity index (χ4n) is 4.37. The van der Waals surface area contributed by atoms with Crippen molar-refractivity contribution in [1.82, 2.24) is 10.2 Å². The highest BCUT2D eigenvalue weighted by atomic mass is 16.5. The number of carbonyl (C=O) groups excluding carboxylic acids is 2. The standard InChI is InChI=1S/C22H26N4O3/c1-3-26-18-10-6-4-8-16(18)20(27)24-22(26)12-14-25(15-13-22)21(28)23-17-9-5-7-11-19(17)29-2/h4-11H,3,12-15H2,1-2H3,(H,23,28)(H,24,27). The fraction of sp³-hybridized carbons (Fsp3) is 0.364. The number of anilines is 2. The number of nitrogens with one attached hydrogen (secondary N) is 2. The van der Waals surface area contributed by atoms with Crippen molar-refractivity contribution in [3.05, 3.63) is 54.1 Å². The molecule has 2 heterocycles. The molecule has 1 saturated heterocycles. The average Bonchev–Trinajstić information content (AvgIpc) is 2.75. The van der Waals surface area contributed by atoms with Gasteiger partial charge in [0.1, 0.15) is 11.4 Å². The number of ether oxygens (including phenoxy) is 1. The summed E-state index contributed by atoms with van der Waals surface area (Å²) in [5.41, 5.74) is 1.86. The zero-order valence-corrected chi connectivity index (χ0v) is 16.8. The Morgan fingerprint density at radius 3 is 2.55 bits per heavy atom. The van der Waals surface area contributed by atoms with Crippen LogP contribution in [0.4, 0.5) is 16.2 Å². The molecule has 2 aromatic carbocycles. The second-order valence-electron chi connectivity index (χ2n) is 7.36. The Bertz CT molecular complexity index is 922. The number of hydrogen-bond donors (Lipinski definition) is 2. The predicted octanol–water partition coefficient (Wildman–Crippen LogP) is 3.29. The number of amides is 3. The lowest BCUT2D eigenvalue weighted by Gasteiger charge is -2.52. The van der Waals surface area contributed by atoms with E-state index < -0.39 is 5.66 Å². The number of urea groups is 1. The van der Waals surface area contributed by atoms with Gasteiger partial charge in [0.2, 0.25) is 0 Å². The molecule has 0 bridgehead atoms. The summed E-state index contributed by atoms with van der Waals surface area (Å²) >= 11 is 0. The molecular formula is C22H26N4O3. The van der Waals surface area contributed by atoms with Crippen molar-refractivity contribution in [1.29, 1.82) is 0 Å². The highest BCUT2D eigenvalue weighted by molar-refractivity contribution is 6.02. The zero-order valence-electron chi connectivity index (χ0n) is 16.8. The van der Waals surface area contributed by atoms with Gasteiger partial charge in [0.25, 0.3) is 5.91 Å². The van der Waals surface area contributed by atoms with Gasteiger partial charge in [-0.05, 0) is 31.2 Å². The molecule has 2 N–H and O–H groups in total. The first-order valence-electron chi connectivity index (χ1n) is 9.96. The molecule has 4 rings (SSSR count). The van der Waals surface area contributed by atoms with Gasteiger partial charge in [0, 0.05) is 32.5 Å². The number of para-hydroxylation sites is 3. The Morgan fingerprint density at radius 1 is 1.14 bits per heavy atom. The third-order valence-electron chi connectivity index (χ3n) is 5.84. The molecule has 29 heavy (non-hydrogen) atoms. The van der Waals surface area contributed by atoms with E-state index in [1.165, 1.54) is 0 Å². The first-order valence-corrected chi connectivity index (χ1v) is 9.96. The monoisotopic (exact) mass is 394 g/mol. The molecule has 0 radical (unpaired) electrons. The number of fused-ring (bicyclic) bond motifs is 1. The van der Waals surface area contributed by atoms with Crippen LogP contribution in [-0.4, -0.2) is 49.2 Å². The topological polar surface area (TPSA) is 73.9 Å². The fourth-order valence-corrected chi connectivity index (χ4v) is 4.37. The van der Waals surface area contributed by atoms with E-state index in [1.807, 2.05) is 48.5 Å². The maximum atomic E-state index is 12.8. The molecule has 7 nitrogen and oxygen atoms in total. The van der Waals surface area contributed by atoms with E-state index in [9.17, 15) is 9.59 Å². The van der Waals surface area contributed by atoms with Crippen LogP contribution in [0.1, 0.15) is 30.1 Å². The lowest BCUT2D eigenvalue weighted by Crippen LogP contribution is -2.68. The highest BCUT2D eigenvalue weighted by Gasteiger charge is 2.45. The number of likely N-dealkylation sites (tertiary alicyclic amines) is 1. The van der Waals surface area contributed by atoms with Crippen molar-refractivity contribution in [3.63, 3.8) is 0 Å². The Hall–Kier alpha value is -3.22. The minimum Gasteiger partial charge on any atom is -0.495 e. The van der Waals surface area contributed by atoms with Gasteiger partial charge in [-0.2, -0.15) is 0 Å². The van der Waals surface area contributed by atoms with Gasteiger partial charge in [0.15, 0.2) is 0 Å². The minimum absolute atomic E-state index is 0.0442. The molecule has 7 heteroatoms. The summed E-state index contributed by atoms with van der Waals surface area (Å²) in [7, 11) is 1.58. The maximum Gasteiger partial charge on any atom is 0.321 e. The van der Waals surface area contributed by atoms with E-state index in [-0.39, 0.29) is 11.9 Å². The van der Waals surface area contributed by atoms with E-state index in [4.69, 9.17) is 4.74 Å². The number of hydrogen-bond acceptors (Lipinski definition) is 4. The molecule has 0 unspecified atom stereocenters. The van der Waals surface area contributed by atoms with Crippen molar-refractivity contribution in [2.45, 2.75) is 25.4 Å². The number of piperidine rings is 1. The first kappa shape index (κ1) is 19.1. The van der Waals surface area contributed by atoms with Crippen molar-refractivity contribution in [2.24, 2.45) is 0 Å². The first-order chi connectivity index (χ1) is 14.1. The molecule has 152 valence electrons. The van der Waals surface area contributed by atoms with Crippen LogP contribution < -0.4 is 20.3 Å². The Balaban J connectivity index is 1.49. The maximum absolute atomic E-state index is 12.8. The van der Waals surface area contributed by atoms with Crippen LogP contribution in [0.3, 0.4) is 0 Å². The zero-order chi connectivity index (χ0) is 20.4. The van der Waals surface area contributed by atoms with Crippen LogP contribution in [-0.2, 0) is 0 Å². The molecule has 0 aromatic heterocycles. The van der Waals surface area contributed by atoms with Crippen molar-refractivity contribution in [3.8, 4) is 5.75 Å². The summed E-state index contributed by atoms with van der Waals surface area (Å²) in [6.07, 6.45) is 1.33. The highest BCUT2D eigenvalue weighted by Crippen LogP contribution is 2.37. The van der Waals surface area contributed by atoms with Crippen LogP contribution in [0.5, 0.6) is 5.75 Å². The molecule has 1 fully saturated rings. The van der Waals surface area contributed by atoms with Crippen molar-refractivity contribution < 1.29 is 14.3 Å². The summed E-state index contributed by atoms with van der Waals surface area (Å²) in [6, 6.07) is 14.9. The minimum atomic E-state index is -0.457. The van der Waals surface area contributed by atoms with Crippen LogP contribution in [0.25, 0.3) is 0 Å². The molecule has 2 aliphatic rings. The van der Waals surface area contributed by atoms with Gasteiger partial charge < -0.3 is 25.2 Å². The van der Waals surface area contributed by atoms with Crippen molar-refractivity contribution >= 4 is 23.3 Å². The van der Waals surface area contributed by atoms with E-state index in [0.29, 0.717) is 42.9 Å². The van der Waals surface area contributed by atoms with Crippen LogP contribution in [0.15, 0.2) is 48.5 Å². The molecule has 0 saturated carbocycles. The summed E-state index contributed by atoms with van der Waals surface area (Å²) < 4.78 is 5.31. The molecular weight excluding hydrogens is 368 g/mol. The van der Waals surface area contributed by atoms with Gasteiger partial charge in [0.05, 0.1) is 24.0 Å². The van der Waals surface area contributed by atoms with Gasteiger partial charge in [-0.3, -0.25) is 4.79 Å². The van der Waals surface area contributed by atoms with E-state index in [1.54, 1.807) is 12.0 Å². The number of rotatable bonds is 3. The lowest BCUT2D eigenvalue weighted by atomic mass is 9.90. The third kappa shape index (κ3) is 3.37. The molecule has 2 aliphatic heterocycles. The molecule has 0 aliphatic carbocycles. The Morgan fingerprint density at radius 2 is 1.83 bits per heavy atom. The smallest absolute Gasteiger partial charge is 0.321 e. The van der Waals surface area contributed by atoms with E-state index in [2.05, 4.69) is 22.5 Å². The SMILES string of the molecule is CCN1c2ccccc2C(=O)NC12CCN(C(=O)Nc1ccccc1OC)CC2. The summed E-state index contributed by atoms with van der Waals surface area (Å²) in [5.74, 6) is 0.583. The largest absolute Gasteiger partial charge is 0.495 e. The van der Waals surface area contributed by atoms with Crippen LogP contribution in [0, 0.1) is 0 Å². The molecule has 2 aromatic rings. The summed E-state index contributed by atoms with van der Waals surface area (Å²) in [5, 5.41) is 6.16. The van der Waals surface area contributed by atoms with Crippen molar-refractivity contribution in [2.75, 3.05) is 37.0 Å². The normalized spacial score (nSPS) is 17.5. The van der Waals surface area contributed by atoms with Gasteiger partial charge in [-0.25, -0.2) is 4.79 Å². The number of benzene rings is 2. The van der Waals surface area contributed by atoms with Crippen LogP contribution in [0.2, 0.25) is 0 Å². The average molecular weight is 394 g/mol. The Kier molecular flexibility index (Phi) is 5.05. The number of nitrogens with zero attached hydrogens (tertiary/aromatic N) is 2. The lowest BCUT2D eigenvalue weighted by molar-refractivity contribution is 0.0808. The van der Waals surface area contributed by atoms with Gasteiger partial charge in [-0.1, -0.05) is 24.3 Å². The molecule has 1 spiro atoms. The second kappa shape index (κ2) is 7.66. The summed E-state index contributed by atoms with van der Waals surface area (Å²) in [4.78, 5) is 29.5. The number of carbonyl (C=O) groups is 2. The second-order valence-corrected chi connectivity index (χ2v) is 7.36. The number of methoxy groups -OCH3 is 1. The van der Waals surface area contributed by atoms with Crippen LogP contribution >= 0.6 is 0 Å². The third-order valence-corrected chi connectivity index (χ3v) is 5.84. The molecule has 0 atom stereocenters. The van der Waals surface area contributed by atoms with E-state index >= 15 is 0 Å². The summed E-state index contributed by atoms with van der Waals surface area (Å²) in [6.45, 7) is 3.99. The quantitative estimate of drug-likeness (QED) is 0.838. The Labute approximate surface area is 170 Å².